The molecule has 0 aliphatic rings. The number of alkyl halides is 1. The summed E-state index contributed by atoms with van der Waals surface area (Å²) in [5.41, 5.74) is 3.20. The Balaban J connectivity index is 2.29. The normalized spacial score (nSPS) is 11.2. The van der Waals surface area contributed by atoms with Crippen molar-refractivity contribution in [1.82, 2.24) is 9.55 Å². The molecule has 0 spiro atoms. The lowest BCUT2D eigenvalue weighted by molar-refractivity contribution is 0.617. The molecule has 21 heavy (non-hydrogen) atoms. The van der Waals surface area contributed by atoms with Crippen LogP contribution < -0.4 is 0 Å². The summed E-state index contributed by atoms with van der Waals surface area (Å²) in [6.45, 7) is 1.75. The highest BCUT2D eigenvalue weighted by Crippen LogP contribution is 2.26. The Kier molecular flexibility index (Phi) is 4.00. The highest BCUT2D eigenvalue weighted by Gasteiger charge is 2.13. The maximum absolute atomic E-state index is 13.9. The predicted molar refractivity (Wildman–Crippen MR) is 87.9 cm³/mol. The molecule has 5 heteroatoms. The van der Waals surface area contributed by atoms with E-state index >= 15 is 0 Å². The summed E-state index contributed by atoms with van der Waals surface area (Å²) in [4.78, 5) is 4.61. The molecule has 108 valence electrons. The van der Waals surface area contributed by atoms with E-state index in [0.29, 0.717) is 17.9 Å². The van der Waals surface area contributed by atoms with Crippen LogP contribution >= 0.6 is 27.5 Å². The van der Waals surface area contributed by atoms with E-state index in [-0.39, 0.29) is 5.82 Å². The lowest BCUT2D eigenvalue weighted by Gasteiger charge is -2.10. The quantitative estimate of drug-likeness (QED) is 0.595. The highest BCUT2D eigenvalue weighted by atomic mass is 79.9. The minimum atomic E-state index is -0.221. The Labute approximate surface area is 135 Å². The Hall–Kier alpha value is -1.39. The molecule has 0 bridgehead atoms. The first kappa shape index (κ1) is 14.5. The molecule has 3 rings (SSSR count). The van der Waals surface area contributed by atoms with Gasteiger partial charge in [0.25, 0.3) is 0 Å². The first-order valence-corrected chi connectivity index (χ1v) is 7.92. The lowest BCUT2D eigenvalue weighted by Crippen LogP contribution is -2.03. The fourth-order valence-corrected chi connectivity index (χ4v) is 2.88. The summed E-state index contributed by atoms with van der Waals surface area (Å²) < 4.78 is 16.8. The van der Waals surface area contributed by atoms with Crippen molar-refractivity contribution in [3.05, 3.63) is 58.1 Å². The number of aryl methyl sites for hydroxylation is 2. The molecule has 0 aliphatic heterocycles. The second-order valence-electron chi connectivity index (χ2n) is 4.87. The zero-order chi connectivity index (χ0) is 15.0. The van der Waals surface area contributed by atoms with Gasteiger partial charge in [0.1, 0.15) is 11.6 Å². The second-order valence-corrected chi connectivity index (χ2v) is 6.16. The molecule has 0 atom stereocenters. The molecular formula is C16H13BrClFN2. The van der Waals surface area contributed by atoms with Crippen molar-refractivity contribution in [1.29, 1.82) is 0 Å². The highest BCUT2D eigenvalue weighted by molar-refractivity contribution is 9.10. The number of halogens is 3. The van der Waals surface area contributed by atoms with Gasteiger partial charge in [-0.1, -0.05) is 22.0 Å². The van der Waals surface area contributed by atoms with Crippen molar-refractivity contribution in [2.24, 2.45) is 0 Å². The Morgan fingerprint density at radius 2 is 2.05 bits per heavy atom. The number of aromatic nitrogens is 2. The number of benzene rings is 2. The average molecular weight is 368 g/mol. The number of rotatable bonds is 3. The van der Waals surface area contributed by atoms with Crippen LogP contribution in [0.5, 0.6) is 0 Å². The van der Waals surface area contributed by atoms with Gasteiger partial charge in [-0.05, 0) is 42.8 Å². The number of hydrogen-bond acceptors (Lipinski definition) is 1. The van der Waals surface area contributed by atoms with E-state index in [2.05, 4.69) is 20.9 Å². The molecule has 0 aliphatic carbocycles. The third-order valence-electron chi connectivity index (χ3n) is 3.42. The number of fused-ring (bicyclic) bond motifs is 1. The molecule has 1 aromatic heterocycles. The molecule has 2 nitrogen and oxygen atoms in total. The van der Waals surface area contributed by atoms with Crippen LogP contribution in [0.3, 0.4) is 0 Å². The first-order valence-electron chi connectivity index (χ1n) is 6.59. The van der Waals surface area contributed by atoms with E-state index in [4.69, 9.17) is 11.6 Å². The van der Waals surface area contributed by atoms with Crippen LogP contribution in [0, 0.1) is 12.7 Å². The third-order valence-corrected chi connectivity index (χ3v) is 4.10. The van der Waals surface area contributed by atoms with Crippen molar-refractivity contribution in [2.75, 3.05) is 5.88 Å². The molecule has 0 fully saturated rings. The van der Waals surface area contributed by atoms with Gasteiger partial charge in [0.15, 0.2) is 0 Å². The summed E-state index contributed by atoms with van der Waals surface area (Å²) in [7, 11) is 0. The Morgan fingerprint density at radius 1 is 1.24 bits per heavy atom. The smallest absolute Gasteiger partial charge is 0.128 e. The zero-order valence-electron chi connectivity index (χ0n) is 11.4. The van der Waals surface area contributed by atoms with E-state index in [1.807, 2.05) is 28.8 Å². The molecule has 3 aromatic rings. The minimum absolute atomic E-state index is 0.221. The van der Waals surface area contributed by atoms with Gasteiger partial charge in [0.2, 0.25) is 0 Å². The summed E-state index contributed by atoms with van der Waals surface area (Å²) in [6, 6.07) is 11.1. The van der Waals surface area contributed by atoms with E-state index in [0.717, 1.165) is 27.0 Å². The SMILES string of the molecule is Cc1ccc(-n2c(CCCl)nc3ccc(Br)cc32)cc1F. The monoisotopic (exact) mass is 366 g/mol. The molecule has 0 amide bonds. The number of hydrogen-bond donors (Lipinski definition) is 0. The van der Waals surface area contributed by atoms with Crippen molar-refractivity contribution in [3.8, 4) is 5.69 Å². The van der Waals surface area contributed by atoms with Gasteiger partial charge < -0.3 is 0 Å². The van der Waals surface area contributed by atoms with Gasteiger partial charge in [-0.3, -0.25) is 4.57 Å². The van der Waals surface area contributed by atoms with E-state index in [1.54, 1.807) is 13.0 Å². The summed E-state index contributed by atoms with van der Waals surface area (Å²) >= 11 is 9.35. The van der Waals surface area contributed by atoms with Crippen LogP contribution in [0.25, 0.3) is 16.7 Å². The lowest BCUT2D eigenvalue weighted by atomic mass is 10.2. The molecule has 1 heterocycles. The second kappa shape index (κ2) is 5.78. The Morgan fingerprint density at radius 3 is 2.76 bits per heavy atom. The fraction of sp³-hybridized carbons (Fsp3) is 0.188. The molecule has 0 unspecified atom stereocenters. The van der Waals surface area contributed by atoms with Gasteiger partial charge in [0, 0.05) is 16.8 Å². The van der Waals surface area contributed by atoms with Gasteiger partial charge in [-0.15, -0.1) is 11.6 Å². The largest absolute Gasteiger partial charge is 0.296 e. The fourth-order valence-electron chi connectivity index (χ4n) is 2.36. The number of imidazole rings is 1. The average Bonchev–Trinajstić information content (AvgIpc) is 2.80. The predicted octanol–water partition coefficient (Wildman–Crippen LogP) is 5.02. The molecular weight excluding hydrogens is 355 g/mol. The molecule has 0 saturated carbocycles. The topological polar surface area (TPSA) is 17.8 Å². The van der Waals surface area contributed by atoms with Crippen molar-refractivity contribution in [3.63, 3.8) is 0 Å². The van der Waals surface area contributed by atoms with E-state index in [9.17, 15) is 4.39 Å². The maximum atomic E-state index is 13.9. The Bertz CT molecular complexity index is 813. The minimum Gasteiger partial charge on any atom is -0.296 e. The van der Waals surface area contributed by atoms with Crippen LogP contribution in [0.15, 0.2) is 40.9 Å². The number of nitrogens with zero attached hydrogens (tertiary/aromatic N) is 2. The standard InChI is InChI=1S/C16H13BrClFN2/c1-10-2-4-12(9-13(10)19)21-15-8-11(17)3-5-14(15)20-16(21)6-7-18/h2-5,8-9H,6-7H2,1H3. The van der Waals surface area contributed by atoms with E-state index in [1.165, 1.54) is 6.07 Å². The van der Waals surface area contributed by atoms with Crippen LogP contribution in [0.1, 0.15) is 11.4 Å². The molecule has 0 N–H and O–H groups in total. The van der Waals surface area contributed by atoms with Crippen molar-refractivity contribution >= 4 is 38.6 Å². The van der Waals surface area contributed by atoms with Gasteiger partial charge in [-0.2, -0.15) is 0 Å². The van der Waals surface area contributed by atoms with Crippen LogP contribution in [0.2, 0.25) is 0 Å². The van der Waals surface area contributed by atoms with Gasteiger partial charge in [0.05, 0.1) is 16.7 Å². The first-order chi connectivity index (χ1) is 10.1. The van der Waals surface area contributed by atoms with Gasteiger partial charge >= 0.3 is 0 Å². The maximum Gasteiger partial charge on any atom is 0.128 e. The summed E-state index contributed by atoms with van der Waals surface area (Å²) in [5, 5.41) is 0. The van der Waals surface area contributed by atoms with Crippen LogP contribution in [-0.4, -0.2) is 15.4 Å². The summed E-state index contributed by atoms with van der Waals surface area (Å²) in [6.07, 6.45) is 0.628. The summed E-state index contributed by atoms with van der Waals surface area (Å²) in [5.74, 6) is 1.08. The van der Waals surface area contributed by atoms with E-state index < -0.39 is 0 Å². The van der Waals surface area contributed by atoms with Gasteiger partial charge in [-0.25, -0.2) is 9.37 Å². The zero-order valence-corrected chi connectivity index (χ0v) is 13.7. The van der Waals surface area contributed by atoms with Crippen LogP contribution in [-0.2, 0) is 6.42 Å². The third kappa shape index (κ3) is 2.70. The van der Waals surface area contributed by atoms with Crippen molar-refractivity contribution in [2.45, 2.75) is 13.3 Å². The molecule has 0 saturated heterocycles. The van der Waals surface area contributed by atoms with Crippen LogP contribution in [0.4, 0.5) is 4.39 Å². The van der Waals surface area contributed by atoms with Crippen molar-refractivity contribution < 1.29 is 4.39 Å². The molecule has 0 radical (unpaired) electrons. The molecule has 2 aromatic carbocycles.